The summed E-state index contributed by atoms with van der Waals surface area (Å²) in [6, 6.07) is 4.95. The molecule has 0 aliphatic heterocycles. The predicted octanol–water partition coefficient (Wildman–Crippen LogP) is 2.64. The van der Waals surface area contributed by atoms with Crippen LogP contribution in [0.25, 0.3) is 0 Å². The van der Waals surface area contributed by atoms with Crippen LogP contribution in [-0.4, -0.2) is 36.1 Å². The van der Waals surface area contributed by atoms with Gasteiger partial charge in [0.15, 0.2) is 0 Å². The summed E-state index contributed by atoms with van der Waals surface area (Å²) in [6.07, 6.45) is 0.748. The number of rotatable bonds is 6. The summed E-state index contributed by atoms with van der Waals surface area (Å²) in [4.78, 5) is 13.7. The lowest BCUT2D eigenvalue weighted by molar-refractivity contribution is -0.131. The molecule has 0 aromatic heterocycles. The second-order valence-electron chi connectivity index (χ2n) is 5.54. The van der Waals surface area contributed by atoms with Crippen LogP contribution in [-0.2, 0) is 11.3 Å². The molecule has 4 nitrogen and oxygen atoms in total. The van der Waals surface area contributed by atoms with Crippen LogP contribution in [0.1, 0.15) is 25.8 Å². The van der Waals surface area contributed by atoms with E-state index in [1.54, 1.807) is 37.2 Å². The molecule has 20 heavy (non-hydrogen) atoms. The van der Waals surface area contributed by atoms with Crippen LogP contribution < -0.4 is 5.32 Å². The number of carbonyl (C=O) groups is 1. The zero-order chi connectivity index (χ0) is 15.3. The molecule has 0 spiro atoms. The minimum absolute atomic E-state index is 0.0419. The van der Waals surface area contributed by atoms with Gasteiger partial charge >= 0.3 is 0 Å². The first-order chi connectivity index (χ1) is 9.32. The van der Waals surface area contributed by atoms with Crippen LogP contribution in [0.3, 0.4) is 0 Å². The Morgan fingerprint density at radius 2 is 2.05 bits per heavy atom. The molecule has 0 saturated heterocycles. The van der Waals surface area contributed by atoms with Crippen molar-refractivity contribution in [3.63, 3.8) is 0 Å². The number of phenols is 1. The van der Waals surface area contributed by atoms with Gasteiger partial charge < -0.3 is 15.3 Å². The van der Waals surface area contributed by atoms with Gasteiger partial charge in [0.05, 0.1) is 11.1 Å². The number of amides is 1. The number of benzene rings is 1. The molecule has 1 aromatic rings. The van der Waals surface area contributed by atoms with Crippen LogP contribution in [0.2, 0.25) is 5.02 Å². The Morgan fingerprint density at radius 1 is 1.40 bits per heavy atom. The molecule has 0 fully saturated rings. The van der Waals surface area contributed by atoms with Gasteiger partial charge in [0, 0.05) is 26.2 Å². The smallest absolute Gasteiger partial charge is 0.239 e. The second-order valence-corrected chi connectivity index (χ2v) is 5.95. The maximum absolute atomic E-state index is 12.1. The van der Waals surface area contributed by atoms with E-state index in [0.29, 0.717) is 23.0 Å². The minimum atomic E-state index is -0.261. The maximum atomic E-state index is 12.1. The zero-order valence-corrected chi connectivity index (χ0v) is 13.2. The first kappa shape index (κ1) is 16.8. The summed E-state index contributed by atoms with van der Waals surface area (Å²) in [6.45, 7) is 4.56. The van der Waals surface area contributed by atoms with Crippen molar-refractivity contribution < 1.29 is 9.90 Å². The normalized spacial score (nSPS) is 12.5. The van der Waals surface area contributed by atoms with Crippen molar-refractivity contribution in [1.82, 2.24) is 10.2 Å². The average Bonchev–Trinajstić information content (AvgIpc) is 2.37. The fourth-order valence-electron chi connectivity index (χ4n) is 1.99. The van der Waals surface area contributed by atoms with Gasteiger partial charge in [-0.3, -0.25) is 4.79 Å². The van der Waals surface area contributed by atoms with Gasteiger partial charge in [-0.1, -0.05) is 37.6 Å². The summed E-state index contributed by atoms with van der Waals surface area (Å²) in [7, 11) is 3.49. The Bertz CT molecular complexity index is 461. The zero-order valence-electron chi connectivity index (χ0n) is 12.5. The van der Waals surface area contributed by atoms with Gasteiger partial charge in [-0.05, 0) is 18.4 Å². The lowest BCUT2D eigenvalue weighted by atomic mass is 10.0. The third kappa shape index (κ3) is 4.69. The van der Waals surface area contributed by atoms with E-state index < -0.39 is 0 Å². The molecule has 1 aromatic carbocycles. The summed E-state index contributed by atoms with van der Waals surface area (Å²) in [5.41, 5.74) is 0.692. The average molecular weight is 299 g/mol. The molecule has 1 amide bonds. The van der Waals surface area contributed by atoms with E-state index in [-0.39, 0.29) is 17.7 Å². The molecular weight excluding hydrogens is 276 g/mol. The summed E-state index contributed by atoms with van der Waals surface area (Å²) in [5, 5.41) is 13.4. The van der Waals surface area contributed by atoms with E-state index in [1.807, 2.05) is 0 Å². The molecule has 1 atom stereocenters. The Labute approximate surface area is 125 Å². The molecule has 0 radical (unpaired) electrons. The highest BCUT2D eigenvalue weighted by Crippen LogP contribution is 2.26. The van der Waals surface area contributed by atoms with Gasteiger partial charge in [0.1, 0.15) is 5.75 Å². The highest BCUT2D eigenvalue weighted by Gasteiger charge is 2.21. The number of carbonyl (C=O) groups excluding carboxylic acids is 1. The summed E-state index contributed by atoms with van der Waals surface area (Å²) < 4.78 is 0. The number of hydrogen-bond donors (Lipinski definition) is 2. The number of nitrogens with one attached hydrogen (secondary N) is 1. The van der Waals surface area contributed by atoms with Gasteiger partial charge in [-0.2, -0.15) is 0 Å². The quantitative estimate of drug-likeness (QED) is 0.849. The van der Waals surface area contributed by atoms with Crippen molar-refractivity contribution in [3.05, 3.63) is 28.8 Å². The van der Waals surface area contributed by atoms with E-state index in [1.165, 1.54) is 0 Å². The highest BCUT2D eigenvalue weighted by molar-refractivity contribution is 6.32. The first-order valence-corrected chi connectivity index (χ1v) is 7.11. The van der Waals surface area contributed by atoms with E-state index in [0.717, 1.165) is 6.42 Å². The van der Waals surface area contributed by atoms with Gasteiger partial charge in [-0.15, -0.1) is 0 Å². The number of halogens is 1. The van der Waals surface area contributed by atoms with Crippen LogP contribution in [0.5, 0.6) is 5.75 Å². The van der Waals surface area contributed by atoms with Crippen molar-refractivity contribution >= 4 is 17.5 Å². The van der Waals surface area contributed by atoms with Crippen molar-refractivity contribution in [2.24, 2.45) is 5.92 Å². The molecule has 0 aliphatic rings. The molecular formula is C15H23ClN2O2. The van der Waals surface area contributed by atoms with Gasteiger partial charge in [0.2, 0.25) is 5.91 Å². The Balaban J connectivity index is 2.75. The lowest BCUT2D eigenvalue weighted by Crippen LogP contribution is -2.44. The van der Waals surface area contributed by atoms with Crippen molar-refractivity contribution in [2.75, 3.05) is 14.1 Å². The molecule has 2 N–H and O–H groups in total. The highest BCUT2D eigenvalue weighted by atomic mass is 35.5. The van der Waals surface area contributed by atoms with Crippen LogP contribution in [0, 0.1) is 5.92 Å². The predicted molar refractivity (Wildman–Crippen MR) is 81.9 cm³/mol. The van der Waals surface area contributed by atoms with E-state index in [4.69, 9.17) is 11.6 Å². The molecule has 0 bridgehead atoms. The molecule has 0 saturated carbocycles. The SMILES string of the molecule is CC(C)CC(NCc1cccc(Cl)c1O)C(=O)N(C)C. The number of likely N-dealkylation sites (N-methyl/N-ethyl adjacent to an activating group) is 1. The summed E-state index contributed by atoms with van der Waals surface area (Å²) in [5.74, 6) is 0.520. The standard InChI is InChI=1S/C15H23ClN2O2/c1-10(2)8-13(15(20)18(3)4)17-9-11-6-5-7-12(16)14(11)19/h5-7,10,13,17,19H,8-9H2,1-4H3. The molecule has 0 aliphatic carbocycles. The number of para-hydroxylation sites is 1. The Morgan fingerprint density at radius 3 is 2.60 bits per heavy atom. The van der Waals surface area contributed by atoms with Crippen LogP contribution in [0.4, 0.5) is 0 Å². The topological polar surface area (TPSA) is 52.6 Å². The number of phenolic OH excluding ortho intramolecular Hbond substituents is 1. The monoisotopic (exact) mass is 298 g/mol. The fraction of sp³-hybridized carbons (Fsp3) is 0.533. The fourth-order valence-corrected chi connectivity index (χ4v) is 2.18. The molecule has 112 valence electrons. The Kier molecular flexibility index (Phi) is 6.30. The van der Waals surface area contributed by atoms with Crippen molar-refractivity contribution in [3.8, 4) is 5.75 Å². The second kappa shape index (κ2) is 7.50. The van der Waals surface area contributed by atoms with E-state index >= 15 is 0 Å². The van der Waals surface area contributed by atoms with Crippen molar-refractivity contribution in [2.45, 2.75) is 32.9 Å². The third-order valence-electron chi connectivity index (χ3n) is 3.06. The van der Waals surface area contributed by atoms with Crippen molar-refractivity contribution in [1.29, 1.82) is 0 Å². The molecule has 1 rings (SSSR count). The van der Waals surface area contributed by atoms with Crippen LogP contribution >= 0.6 is 11.6 Å². The molecule has 1 unspecified atom stereocenters. The first-order valence-electron chi connectivity index (χ1n) is 6.73. The number of nitrogens with zero attached hydrogens (tertiary/aromatic N) is 1. The number of hydrogen-bond acceptors (Lipinski definition) is 3. The number of aromatic hydroxyl groups is 1. The third-order valence-corrected chi connectivity index (χ3v) is 3.36. The molecule has 0 heterocycles. The van der Waals surface area contributed by atoms with Crippen LogP contribution in [0.15, 0.2) is 18.2 Å². The van der Waals surface area contributed by atoms with Gasteiger partial charge in [-0.25, -0.2) is 0 Å². The maximum Gasteiger partial charge on any atom is 0.239 e. The minimum Gasteiger partial charge on any atom is -0.506 e. The lowest BCUT2D eigenvalue weighted by Gasteiger charge is -2.23. The molecule has 5 heteroatoms. The van der Waals surface area contributed by atoms with E-state index in [9.17, 15) is 9.90 Å². The van der Waals surface area contributed by atoms with Gasteiger partial charge in [0.25, 0.3) is 0 Å². The largest absolute Gasteiger partial charge is 0.506 e. The van der Waals surface area contributed by atoms with E-state index in [2.05, 4.69) is 19.2 Å². The Hall–Kier alpha value is -1.26. The summed E-state index contributed by atoms with van der Waals surface area (Å²) >= 11 is 5.87.